The summed E-state index contributed by atoms with van der Waals surface area (Å²) in [4.78, 5) is 15.0. The molecular weight excluding hydrogens is 343 g/mol. The Balaban J connectivity index is 1.65. The third kappa shape index (κ3) is 3.07. The van der Waals surface area contributed by atoms with Gasteiger partial charge in [-0.1, -0.05) is 6.07 Å². The molecule has 2 heterocycles. The molecule has 128 valence electrons. The maximum absolute atomic E-state index is 13.5. The minimum absolute atomic E-state index is 0.258. The van der Waals surface area contributed by atoms with Gasteiger partial charge < -0.3 is 4.90 Å². The highest BCUT2D eigenvalue weighted by Gasteiger charge is 2.22. The van der Waals surface area contributed by atoms with E-state index in [-0.39, 0.29) is 11.1 Å². The van der Waals surface area contributed by atoms with Crippen LogP contribution in [-0.4, -0.2) is 31.8 Å². The van der Waals surface area contributed by atoms with E-state index in [0.717, 1.165) is 36.3 Å². The minimum Gasteiger partial charge on any atom is -0.352 e. The van der Waals surface area contributed by atoms with Crippen molar-refractivity contribution in [2.24, 2.45) is 0 Å². The fourth-order valence-corrected chi connectivity index (χ4v) is 3.36. The van der Waals surface area contributed by atoms with Crippen LogP contribution in [0.25, 0.3) is 5.69 Å². The molecule has 0 saturated heterocycles. The van der Waals surface area contributed by atoms with Crippen LogP contribution in [0.4, 0.5) is 10.2 Å². The van der Waals surface area contributed by atoms with Crippen LogP contribution < -0.4 is 4.90 Å². The van der Waals surface area contributed by atoms with Gasteiger partial charge in [0, 0.05) is 12.6 Å². The van der Waals surface area contributed by atoms with Gasteiger partial charge in [0.05, 0.1) is 17.9 Å². The summed E-state index contributed by atoms with van der Waals surface area (Å²) in [6, 6.07) is 6.27. The summed E-state index contributed by atoms with van der Waals surface area (Å²) in [7, 11) is 1.93. The second-order valence-corrected chi connectivity index (χ2v) is 6.36. The first-order valence-corrected chi connectivity index (χ1v) is 8.41. The van der Waals surface area contributed by atoms with Crippen molar-refractivity contribution in [3.8, 4) is 5.69 Å². The number of benzene rings is 1. The molecule has 0 spiro atoms. The summed E-state index contributed by atoms with van der Waals surface area (Å²) in [6.07, 6.45) is 4.40. The fourth-order valence-electron chi connectivity index (χ4n) is 3.18. The molecule has 25 heavy (non-hydrogen) atoms. The second kappa shape index (κ2) is 6.40. The third-order valence-electron chi connectivity index (χ3n) is 4.30. The first kappa shape index (κ1) is 16.0. The molecule has 0 radical (unpaired) electrons. The number of hydrogen-bond acceptors (Lipinski definition) is 5. The molecule has 1 aliphatic carbocycles. The highest BCUT2D eigenvalue weighted by molar-refractivity contribution is 6.28. The molecule has 2 aromatic heterocycles. The number of aryl methyl sites for hydroxylation is 1. The van der Waals surface area contributed by atoms with Crippen molar-refractivity contribution in [2.45, 2.75) is 25.8 Å². The lowest BCUT2D eigenvalue weighted by Crippen LogP contribution is -2.22. The van der Waals surface area contributed by atoms with E-state index in [0.29, 0.717) is 18.1 Å². The SMILES string of the molecule is CN(Cc1ncnn1-c1cccc(F)c1)c1nc(Cl)nc2c1CCC2. The van der Waals surface area contributed by atoms with Crippen molar-refractivity contribution < 1.29 is 4.39 Å². The van der Waals surface area contributed by atoms with Crippen LogP contribution in [0.3, 0.4) is 0 Å². The number of nitrogens with zero attached hydrogens (tertiary/aromatic N) is 6. The van der Waals surface area contributed by atoms with Crippen molar-refractivity contribution in [1.29, 1.82) is 0 Å². The molecule has 8 heteroatoms. The Morgan fingerprint density at radius 2 is 2.16 bits per heavy atom. The third-order valence-corrected chi connectivity index (χ3v) is 4.46. The lowest BCUT2D eigenvalue weighted by Gasteiger charge is -2.20. The van der Waals surface area contributed by atoms with Gasteiger partial charge >= 0.3 is 0 Å². The van der Waals surface area contributed by atoms with Gasteiger partial charge in [0.25, 0.3) is 0 Å². The van der Waals surface area contributed by atoms with Crippen LogP contribution >= 0.6 is 11.6 Å². The van der Waals surface area contributed by atoms with Gasteiger partial charge in [0.2, 0.25) is 5.28 Å². The van der Waals surface area contributed by atoms with Gasteiger partial charge in [-0.05, 0) is 49.1 Å². The van der Waals surface area contributed by atoms with E-state index in [2.05, 4.69) is 20.1 Å². The number of hydrogen-bond donors (Lipinski definition) is 0. The van der Waals surface area contributed by atoms with E-state index in [9.17, 15) is 4.39 Å². The largest absolute Gasteiger partial charge is 0.352 e. The lowest BCUT2D eigenvalue weighted by molar-refractivity contribution is 0.624. The fraction of sp³-hybridized carbons (Fsp3) is 0.294. The average molecular weight is 359 g/mol. The molecule has 0 unspecified atom stereocenters. The Hall–Kier alpha value is -2.54. The van der Waals surface area contributed by atoms with E-state index in [4.69, 9.17) is 11.6 Å². The van der Waals surface area contributed by atoms with Crippen LogP contribution in [0.5, 0.6) is 0 Å². The van der Waals surface area contributed by atoms with Gasteiger partial charge in [-0.15, -0.1) is 0 Å². The molecule has 0 fully saturated rings. The summed E-state index contributed by atoms with van der Waals surface area (Å²) < 4.78 is 15.1. The Labute approximate surface area is 149 Å². The predicted octanol–water partition coefficient (Wildman–Crippen LogP) is 2.97. The highest BCUT2D eigenvalue weighted by atomic mass is 35.5. The number of rotatable bonds is 4. The Morgan fingerprint density at radius 1 is 1.28 bits per heavy atom. The smallest absolute Gasteiger partial charge is 0.224 e. The summed E-state index contributed by atoms with van der Waals surface area (Å²) in [5.41, 5.74) is 2.80. The van der Waals surface area contributed by atoms with Crippen LogP contribution in [-0.2, 0) is 19.4 Å². The topological polar surface area (TPSA) is 59.7 Å². The number of fused-ring (bicyclic) bond motifs is 1. The molecule has 0 saturated carbocycles. The van der Waals surface area contributed by atoms with Crippen LogP contribution in [0.1, 0.15) is 23.5 Å². The molecule has 6 nitrogen and oxygen atoms in total. The Kier molecular flexibility index (Phi) is 4.09. The van der Waals surface area contributed by atoms with Crippen molar-refractivity contribution >= 4 is 17.4 Å². The zero-order valence-electron chi connectivity index (χ0n) is 13.7. The van der Waals surface area contributed by atoms with Gasteiger partial charge in [-0.3, -0.25) is 0 Å². The summed E-state index contributed by atoms with van der Waals surface area (Å²) in [5, 5.41) is 4.48. The minimum atomic E-state index is -0.312. The van der Waals surface area contributed by atoms with E-state index in [1.54, 1.807) is 16.8 Å². The lowest BCUT2D eigenvalue weighted by atomic mass is 10.2. The first-order valence-electron chi connectivity index (χ1n) is 8.03. The maximum Gasteiger partial charge on any atom is 0.224 e. The summed E-state index contributed by atoms with van der Waals surface area (Å²) in [6.45, 7) is 0.469. The monoisotopic (exact) mass is 358 g/mol. The summed E-state index contributed by atoms with van der Waals surface area (Å²) >= 11 is 6.08. The Bertz CT molecular complexity index is 925. The van der Waals surface area contributed by atoms with E-state index >= 15 is 0 Å². The molecule has 0 N–H and O–H groups in total. The van der Waals surface area contributed by atoms with Crippen molar-refractivity contribution in [2.75, 3.05) is 11.9 Å². The number of halogens is 2. The van der Waals surface area contributed by atoms with E-state index in [1.807, 2.05) is 11.9 Å². The van der Waals surface area contributed by atoms with Gasteiger partial charge in [0.15, 0.2) is 5.82 Å². The Morgan fingerprint density at radius 3 is 3.00 bits per heavy atom. The molecule has 0 bridgehead atoms. The zero-order chi connectivity index (χ0) is 17.4. The van der Waals surface area contributed by atoms with Crippen molar-refractivity contribution in [1.82, 2.24) is 24.7 Å². The first-order chi connectivity index (χ1) is 12.1. The number of aromatic nitrogens is 5. The normalized spacial score (nSPS) is 13.1. The number of anilines is 1. The van der Waals surface area contributed by atoms with Gasteiger partial charge in [-0.25, -0.2) is 24.0 Å². The maximum atomic E-state index is 13.5. The standard InChI is InChI=1S/C17H16ClFN6/c1-24(16-13-6-3-7-14(13)22-17(18)23-16)9-15-20-10-21-25(15)12-5-2-4-11(19)8-12/h2,4-5,8,10H,3,6-7,9H2,1H3. The summed E-state index contributed by atoms with van der Waals surface area (Å²) in [5.74, 6) is 1.20. The van der Waals surface area contributed by atoms with Crippen LogP contribution in [0, 0.1) is 5.82 Å². The van der Waals surface area contributed by atoms with Crippen molar-refractivity contribution in [3.05, 3.63) is 58.8 Å². The molecule has 1 aliphatic rings. The van der Waals surface area contributed by atoms with E-state index < -0.39 is 0 Å². The van der Waals surface area contributed by atoms with Gasteiger partial charge in [0.1, 0.15) is 18.0 Å². The molecule has 0 aliphatic heterocycles. The molecule has 0 atom stereocenters. The molecule has 4 rings (SSSR count). The van der Waals surface area contributed by atoms with Crippen LogP contribution in [0.2, 0.25) is 5.28 Å². The quantitative estimate of drug-likeness (QED) is 0.671. The van der Waals surface area contributed by atoms with Crippen molar-refractivity contribution in [3.63, 3.8) is 0 Å². The zero-order valence-corrected chi connectivity index (χ0v) is 14.4. The second-order valence-electron chi connectivity index (χ2n) is 6.02. The van der Waals surface area contributed by atoms with Gasteiger partial charge in [-0.2, -0.15) is 5.10 Å². The predicted molar refractivity (Wildman–Crippen MR) is 92.5 cm³/mol. The van der Waals surface area contributed by atoms with E-state index in [1.165, 1.54) is 18.5 Å². The van der Waals surface area contributed by atoms with Crippen LogP contribution in [0.15, 0.2) is 30.6 Å². The molecule has 3 aromatic rings. The molecule has 1 aromatic carbocycles. The highest BCUT2D eigenvalue weighted by Crippen LogP contribution is 2.30. The average Bonchev–Trinajstić information content (AvgIpc) is 3.23. The molecule has 0 amide bonds. The molecular formula is C17H16ClFN6.